The average Bonchev–Trinajstić information content (AvgIpc) is 3.17. The fourth-order valence-electron chi connectivity index (χ4n) is 11.9. The quantitative estimate of drug-likeness (QED) is 0.256. The summed E-state index contributed by atoms with van der Waals surface area (Å²) in [6.07, 6.45) is 6.90. The fraction of sp³-hybridized carbons (Fsp3) is 0.625. The molecule has 254 valence electrons. The summed E-state index contributed by atoms with van der Waals surface area (Å²) in [6.45, 7) is 13.7. The van der Waals surface area contributed by atoms with Gasteiger partial charge < -0.3 is 20.4 Å². The van der Waals surface area contributed by atoms with E-state index in [0.717, 1.165) is 5.56 Å². The monoisotopic (exact) mass is 644 g/mol. The molecule has 0 unspecified atom stereocenters. The van der Waals surface area contributed by atoms with Crippen LogP contribution in [0.2, 0.25) is 0 Å². The first kappa shape index (κ1) is 34.0. The minimum Gasteiger partial charge on any atom is -0.478 e. The second-order valence-corrected chi connectivity index (χ2v) is 16.9. The van der Waals surface area contributed by atoms with Crippen LogP contribution in [-0.4, -0.2) is 55.3 Å². The van der Waals surface area contributed by atoms with Crippen molar-refractivity contribution in [2.45, 2.75) is 111 Å². The lowest BCUT2D eigenvalue weighted by atomic mass is 9.35. The molecule has 0 saturated heterocycles. The van der Waals surface area contributed by atoms with Gasteiger partial charge in [-0.1, -0.05) is 84.0 Å². The second kappa shape index (κ2) is 10.8. The molecule has 5 aliphatic rings. The van der Waals surface area contributed by atoms with Gasteiger partial charge in [-0.15, -0.1) is 0 Å². The van der Waals surface area contributed by atoms with Gasteiger partial charge in [0.15, 0.2) is 5.78 Å². The second-order valence-electron chi connectivity index (χ2n) is 16.9. The van der Waals surface area contributed by atoms with Gasteiger partial charge in [0, 0.05) is 46.2 Å². The molecule has 0 spiro atoms. The number of carboxylic acids is 1. The highest BCUT2D eigenvalue weighted by Crippen LogP contribution is 2.79. The lowest BCUT2D eigenvalue weighted by Crippen LogP contribution is -2.71. The summed E-state index contributed by atoms with van der Waals surface area (Å²) in [7, 11) is 0. The van der Waals surface area contributed by atoms with Crippen LogP contribution in [0, 0.1) is 45.3 Å². The van der Waals surface area contributed by atoms with Gasteiger partial charge >= 0.3 is 5.97 Å². The highest BCUT2D eigenvalue weighted by molar-refractivity contribution is 6.01. The molecular formula is C40H52O7. The number of hydrogen-bond acceptors (Lipinski definition) is 6. The molecule has 0 aliphatic heterocycles. The Labute approximate surface area is 278 Å². The van der Waals surface area contributed by atoms with E-state index in [4.69, 9.17) is 0 Å². The molecule has 1 aromatic rings. The van der Waals surface area contributed by atoms with Gasteiger partial charge in [-0.25, -0.2) is 4.79 Å². The number of ketones is 2. The number of allylic oxidation sites excluding steroid dienone is 1. The van der Waals surface area contributed by atoms with Crippen LogP contribution in [0.25, 0.3) is 6.08 Å². The largest absolute Gasteiger partial charge is 0.478 e. The van der Waals surface area contributed by atoms with Gasteiger partial charge in [0.25, 0.3) is 0 Å². The van der Waals surface area contributed by atoms with Crippen LogP contribution in [0.5, 0.6) is 0 Å². The summed E-state index contributed by atoms with van der Waals surface area (Å²) in [5.41, 5.74) is -3.39. The molecule has 0 heterocycles. The molecule has 0 radical (unpaired) electrons. The third-order valence-electron chi connectivity index (χ3n) is 14.3. The Kier molecular flexibility index (Phi) is 7.83. The summed E-state index contributed by atoms with van der Waals surface area (Å²) in [4.78, 5) is 39.9. The lowest BCUT2D eigenvalue weighted by Gasteiger charge is -2.69. The molecule has 0 aromatic heterocycles. The fourth-order valence-corrected chi connectivity index (χ4v) is 11.9. The number of carbonyl (C=O) groups is 3. The van der Waals surface area contributed by atoms with E-state index in [1.54, 1.807) is 0 Å². The molecule has 47 heavy (non-hydrogen) atoms. The van der Waals surface area contributed by atoms with Crippen LogP contribution in [0.3, 0.4) is 0 Å². The maximum absolute atomic E-state index is 14.8. The summed E-state index contributed by atoms with van der Waals surface area (Å²) >= 11 is 0. The molecule has 6 rings (SSSR count). The van der Waals surface area contributed by atoms with Crippen LogP contribution in [0.15, 0.2) is 59.2 Å². The molecule has 0 bridgehead atoms. The van der Waals surface area contributed by atoms with E-state index in [-0.39, 0.29) is 47.7 Å². The summed E-state index contributed by atoms with van der Waals surface area (Å²) in [6, 6.07) is 9.92. The van der Waals surface area contributed by atoms with E-state index in [1.807, 2.05) is 57.2 Å². The number of rotatable bonds is 7. The molecule has 3 fully saturated rings. The van der Waals surface area contributed by atoms with Crippen molar-refractivity contribution in [1.29, 1.82) is 0 Å². The Morgan fingerprint density at radius 1 is 1.02 bits per heavy atom. The van der Waals surface area contributed by atoms with E-state index in [0.29, 0.717) is 43.3 Å². The van der Waals surface area contributed by atoms with E-state index >= 15 is 0 Å². The van der Waals surface area contributed by atoms with E-state index in [9.17, 15) is 34.8 Å². The number of hydrogen-bond donors (Lipinski definition) is 4. The number of carbonyl (C=O) groups excluding carboxylic acids is 2. The van der Waals surface area contributed by atoms with Gasteiger partial charge in [-0.3, -0.25) is 9.59 Å². The number of benzene rings is 1. The van der Waals surface area contributed by atoms with Crippen LogP contribution in [0.1, 0.15) is 99.0 Å². The van der Waals surface area contributed by atoms with Crippen molar-refractivity contribution in [3.63, 3.8) is 0 Å². The number of aliphatic hydroxyl groups excluding tert-OH is 1. The molecule has 7 nitrogen and oxygen atoms in total. The van der Waals surface area contributed by atoms with Gasteiger partial charge in [0.2, 0.25) is 0 Å². The maximum Gasteiger partial charge on any atom is 0.331 e. The summed E-state index contributed by atoms with van der Waals surface area (Å²) in [5, 5.41) is 46.4. The molecule has 0 amide bonds. The minimum atomic E-state index is -1.45. The highest BCUT2D eigenvalue weighted by Gasteiger charge is 2.79. The standard InChI is InChI=1S/C40H52O7/c1-23(19-26(41)20-24(2)34(44)45)28-21-39(46)17-18-40(47)27(14-13-25-11-9-8-10-12-25)32-35(3,4)30(43)15-16-36(32,5)31-29(42)22-37(28,6)38(39,7)33(31)40/h8-14,20,23,26-28,32,41,46-47H,15-19,21-22H2,1-7H3,(H,44,45)/t23-,26+,27+,28+,32+,36-,37-,38+,39-,40+/m1/s1. The highest BCUT2D eigenvalue weighted by atomic mass is 16.4. The first-order valence-corrected chi connectivity index (χ1v) is 17.4. The van der Waals surface area contributed by atoms with Crippen LogP contribution >= 0.6 is 0 Å². The summed E-state index contributed by atoms with van der Waals surface area (Å²) < 4.78 is 0. The Bertz CT molecular complexity index is 1600. The normalized spacial score (nSPS) is 42.3. The van der Waals surface area contributed by atoms with Crippen molar-refractivity contribution >= 4 is 23.6 Å². The zero-order valence-electron chi connectivity index (χ0n) is 29.0. The third kappa shape index (κ3) is 4.51. The molecule has 3 saturated carbocycles. The van der Waals surface area contributed by atoms with Gasteiger partial charge in [-0.05, 0) is 79.4 Å². The summed E-state index contributed by atoms with van der Waals surface area (Å²) in [5.74, 6) is -2.04. The lowest BCUT2D eigenvalue weighted by molar-refractivity contribution is -0.190. The third-order valence-corrected chi connectivity index (χ3v) is 14.3. The predicted molar refractivity (Wildman–Crippen MR) is 180 cm³/mol. The Morgan fingerprint density at radius 3 is 2.32 bits per heavy atom. The smallest absolute Gasteiger partial charge is 0.331 e. The van der Waals surface area contributed by atoms with Crippen LogP contribution in [-0.2, 0) is 14.4 Å². The number of Topliss-reactive ketones (excluding diaryl/α,β-unsaturated/α-hetero) is 2. The van der Waals surface area contributed by atoms with Crippen LogP contribution < -0.4 is 0 Å². The van der Waals surface area contributed by atoms with Crippen molar-refractivity contribution in [2.75, 3.05) is 0 Å². The van der Waals surface area contributed by atoms with Gasteiger partial charge in [0.1, 0.15) is 5.78 Å². The minimum absolute atomic E-state index is 0.00736. The average molecular weight is 645 g/mol. The Balaban J connectivity index is 1.54. The van der Waals surface area contributed by atoms with Crippen molar-refractivity contribution < 1.29 is 34.8 Å². The number of aliphatic hydroxyl groups is 3. The molecule has 4 N–H and O–H groups in total. The molecule has 7 heteroatoms. The topological polar surface area (TPSA) is 132 Å². The predicted octanol–water partition coefficient (Wildman–Crippen LogP) is 6.32. The SMILES string of the molecule is CC(=C[C@@H](O)C[C@@H](C)[C@@H]1C[C@]2(O)CC[C@@]3(O)C4=C(C(=O)C[C@@]1(C)[C@]42C)[C@@]1(C)CCC(=O)C(C)(C)[C@@H]1[C@@H]3C=Cc1ccccc1)C(=O)O. The molecule has 10 atom stereocenters. The Morgan fingerprint density at radius 2 is 1.68 bits per heavy atom. The van der Waals surface area contributed by atoms with E-state index in [1.165, 1.54) is 13.0 Å². The van der Waals surface area contributed by atoms with Crippen molar-refractivity contribution in [3.8, 4) is 0 Å². The van der Waals surface area contributed by atoms with Crippen LogP contribution in [0.4, 0.5) is 0 Å². The zero-order chi connectivity index (χ0) is 34.5. The number of aliphatic carboxylic acids is 1. The van der Waals surface area contributed by atoms with E-state index < -0.39 is 50.9 Å². The van der Waals surface area contributed by atoms with Crippen molar-refractivity contribution in [2.24, 2.45) is 45.3 Å². The Hall–Kier alpha value is -2.87. The molecule has 1 aromatic carbocycles. The molecule has 5 aliphatic carbocycles. The number of fused-ring (bicyclic) bond motifs is 2. The van der Waals surface area contributed by atoms with E-state index in [2.05, 4.69) is 26.8 Å². The first-order valence-electron chi connectivity index (χ1n) is 17.4. The van der Waals surface area contributed by atoms with Crippen molar-refractivity contribution in [3.05, 3.63) is 64.8 Å². The van der Waals surface area contributed by atoms with Gasteiger partial charge in [0.05, 0.1) is 17.3 Å². The van der Waals surface area contributed by atoms with Gasteiger partial charge in [-0.2, -0.15) is 0 Å². The van der Waals surface area contributed by atoms with Crippen molar-refractivity contribution in [1.82, 2.24) is 0 Å². The zero-order valence-corrected chi connectivity index (χ0v) is 29.0. The number of carboxylic acid groups (broad SMARTS) is 1. The molecular weight excluding hydrogens is 592 g/mol. The first-order chi connectivity index (χ1) is 21.8. The maximum atomic E-state index is 14.8.